The average Bonchev–Trinajstić information content (AvgIpc) is 2.33. The van der Waals surface area contributed by atoms with Gasteiger partial charge in [0, 0.05) is 0 Å². The Morgan fingerprint density at radius 2 is 0.333 bits per heavy atom. The zero-order valence-electron chi connectivity index (χ0n) is 10.2. The van der Waals surface area contributed by atoms with Gasteiger partial charge in [-0.25, -0.2) is 0 Å². The Hall–Kier alpha value is -0.780. The molecule has 0 aliphatic rings. The fourth-order valence-electron chi connectivity index (χ4n) is 0. The zero-order valence-corrected chi connectivity index (χ0v) is 10.2. The van der Waals surface area contributed by atoms with Crippen LogP contribution in [0.15, 0.2) is 39.5 Å². The first kappa shape index (κ1) is 43.0. The summed E-state index contributed by atoms with van der Waals surface area (Å²) in [5, 5.41) is 0. The molecule has 0 bridgehead atoms. The first-order valence-corrected chi connectivity index (χ1v) is 4.50. The standard InChI is InChI=1S/3C2H6.3C2H4/c6*1-2/h3*1-2H3;3*1-2H2. The lowest BCUT2D eigenvalue weighted by Crippen LogP contribution is -0.856. The van der Waals surface area contributed by atoms with E-state index in [1.807, 2.05) is 41.5 Å². The molecule has 0 spiro atoms. The van der Waals surface area contributed by atoms with Crippen molar-refractivity contribution in [3.63, 3.8) is 0 Å². The van der Waals surface area contributed by atoms with Crippen LogP contribution < -0.4 is 0 Å². The molecule has 0 rings (SSSR count). The second-order valence-corrected chi connectivity index (χ2v) is 0. The van der Waals surface area contributed by atoms with Crippen molar-refractivity contribution < 1.29 is 0 Å². The van der Waals surface area contributed by atoms with E-state index in [1.165, 1.54) is 0 Å². The molecule has 0 aromatic carbocycles. The molecule has 12 heavy (non-hydrogen) atoms. The van der Waals surface area contributed by atoms with Crippen LogP contribution >= 0.6 is 0 Å². The minimum Gasteiger partial charge on any atom is -0.106 e. The highest BCUT2D eigenvalue weighted by Crippen LogP contribution is 1.15. The van der Waals surface area contributed by atoms with Crippen molar-refractivity contribution >= 4 is 0 Å². The van der Waals surface area contributed by atoms with Gasteiger partial charge in [-0.15, -0.1) is 39.5 Å². The van der Waals surface area contributed by atoms with Gasteiger partial charge in [0.25, 0.3) is 0 Å². The number of hydrogen-bond donors (Lipinski definition) is 0. The Bertz CT molecular complexity index is 4.75. The van der Waals surface area contributed by atoms with E-state index in [4.69, 9.17) is 0 Å². The van der Waals surface area contributed by atoms with Crippen molar-refractivity contribution in [2.24, 2.45) is 0 Å². The minimum atomic E-state index is 2.00. The van der Waals surface area contributed by atoms with Crippen LogP contribution in [0.3, 0.4) is 0 Å². The summed E-state index contributed by atoms with van der Waals surface area (Å²) in [4.78, 5) is 0. The lowest BCUT2D eigenvalue weighted by atomic mass is 11.0. The molecule has 0 amide bonds. The Kier molecular flexibility index (Phi) is 5120. The maximum atomic E-state index is 3.00. The molecular weight excluding hydrogens is 144 g/mol. The Balaban J connectivity index is -0.00000000900. The molecule has 0 radical (unpaired) electrons. The highest BCUT2D eigenvalue weighted by Gasteiger charge is 0.936. The second kappa shape index (κ2) is 1430. The van der Waals surface area contributed by atoms with E-state index in [2.05, 4.69) is 39.5 Å². The summed E-state index contributed by atoms with van der Waals surface area (Å²) in [5.74, 6) is 0. The topological polar surface area (TPSA) is 0 Å². The summed E-state index contributed by atoms with van der Waals surface area (Å²) in [6.07, 6.45) is 0. The van der Waals surface area contributed by atoms with Gasteiger partial charge in [0.1, 0.15) is 0 Å². The smallest absolute Gasteiger partial charge is 0.0683 e. The first-order valence-electron chi connectivity index (χ1n) is 4.50. The van der Waals surface area contributed by atoms with Crippen LogP contribution in [0.25, 0.3) is 0 Å². The van der Waals surface area contributed by atoms with E-state index in [1.54, 1.807) is 0 Å². The highest BCUT2D eigenvalue weighted by atomic mass is 13.0. The van der Waals surface area contributed by atoms with Crippen LogP contribution in [0.5, 0.6) is 0 Å². The third kappa shape index (κ3) is 1020. The summed E-state index contributed by atoms with van der Waals surface area (Å²) < 4.78 is 0. The van der Waals surface area contributed by atoms with Crippen LogP contribution in [0.2, 0.25) is 0 Å². The van der Waals surface area contributed by atoms with Crippen molar-refractivity contribution in [1.82, 2.24) is 0 Å². The molecule has 0 aromatic rings. The molecular formula is C12H30. The largest absolute Gasteiger partial charge is 0.106 e. The molecule has 0 nitrogen and oxygen atoms in total. The lowest BCUT2D eigenvalue weighted by molar-refractivity contribution is 1.50. The van der Waals surface area contributed by atoms with Crippen LogP contribution in [0.4, 0.5) is 0 Å². The Labute approximate surface area is 81.7 Å². The highest BCUT2D eigenvalue weighted by molar-refractivity contribution is 4.22. The SMILES string of the molecule is C=C.C=C.C=C.CC.CC.CC. The van der Waals surface area contributed by atoms with Crippen molar-refractivity contribution in [1.29, 1.82) is 0 Å². The van der Waals surface area contributed by atoms with Crippen LogP contribution in [-0.2, 0) is 0 Å². The third-order valence-electron chi connectivity index (χ3n) is 0. The van der Waals surface area contributed by atoms with Gasteiger partial charge < -0.3 is 0 Å². The van der Waals surface area contributed by atoms with Gasteiger partial charge in [-0.2, -0.15) is 0 Å². The Morgan fingerprint density at radius 3 is 0.333 bits per heavy atom. The fraction of sp³-hybridized carbons (Fsp3) is 0.500. The van der Waals surface area contributed by atoms with E-state index in [0.717, 1.165) is 0 Å². The molecule has 0 N–H and O–H groups in total. The van der Waals surface area contributed by atoms with Gasteiger partial charge >= 0.3 is 0 Å². The zero-order chi connectivity index (χ0) is 12.0. The van der Waals surface area contributed by atoms with E-state index >= 15 is 0 Å². The minimum absolute atomic E-state index is 2.00. The van der Waals surface area contributed by atoms with Gasteiger partial charge in [0.15, 0.2) is 0 Å². The van der Waals surface area contributed by atoms with Crippen molar-refractivity contribution in [2.75, 3.05) is 0 Å². The number of hydrogen-bond acceptors (Lipinski definition) is 0. The molecule has 78 valence electrons. The Morgan fingerprint density at radius 1 is 0.333 bits per heavy atom. The van der Waals surface area contributed by atoms with Gasteiger partial charge in [-0.1, -0.05) is 41.5 Å². The molecule has 0 atom stereocenters. The van der Waals surface area contributed by atoms with Crippen molar-refractivity contribution in [3.05, 3.63) is 39.5 Å². The summed E-state index contributed by atoms with van der Waals surface area (Å²) in [5.41, 5.74) is 0. The first-order chi connectivity index (χ1) is 6.00. The maximum absolute atomic E-state index is 3.00. The van der Waals surface area contributed by atoms with Crippen molar-refractivity contribution in [3.8, 4) is 0 Å². The summed E-state index contributed by atoms with van der Waals surface area (Å²) >= 11 is 0. The van der Waals surface area contributed by atoms with Gasteiger partial charge in [-0.3, -0.25) is 0 Å². The normalized spacial score (nSPS) is 2.50. The molecule has 0 aromatic heterocycles. The molecule has 0 aliphatic carbocycles. The number of rotatable bonds is 0. The van der Waals surface area contributed by atoms with Gasteiger partial charge in [0.2, 0.25) is 0 Å². The summed E-state index contributed by atoms with van der Waals surface area (Å²) in [6, 6.07) is 0. The van der Waals surface area contributed by atoms with Crippen LogP contribution in [0.1, 0.15) is 41.5 Å². The summed E-state index contributed by atoms with van der Waals surface area (Å²) in [6.45, 7) is 30.0. The monoisotopic (exact) mass is 174 g/mol. The van der Waals surface area contributed by atoms with E-state index in [0.29, 0.717) is 0 Å². The lowest BCUT2D eigenvalue weighted by Gasteiger charge is -1.07. The predicted octanol–water partition coefficient (Wildman–Crippen LogP) is 5.49. The third-order valence-corrected chi connectivity index (χ3v) is 0. The van der Waals surface area contributed by atoms with E-state index in [-0.39, 0.29) is 0 Å². The van der Waals surface area contributed by atoms with Gasteiger partial charge in [-0.05, 0) is 0 Å². The van der Waals surface area contributed by atoms with E-state index in [9.17, 15) is 0 Å². The quantitative estimate of drug-likeness (QED) is 0.426. The van der Waals surface area contributed by atoms with Crippen LogP contribution in [-0.4, -0.2) is 0 Å². The molecule has 0 aliphatic heterocycles. The van der Waals surface area contributed by atoms with E-state index < -0.39 is 0 Å². The van der Waals surface area contributed by atoms with Gasteiger partial charge in [0.05, 0.1) is 0 Å². The fourth-order valence-corrected chi connectivity index (χ4v) is 0. The summed E-state index contributed by atoms with van der Waals surface area (Å²) in [7, 11) is 0. The second-order valence-electron chi connectivity index (χ2n) is 0. The molecule has 0 heteroatoms. The maximum Gasteiger partial charge on any atom is -0.0683 e. The molecule has 0 saturated carbocycles. The molecule has 0 saturated heterocycles. The molecule has 0 heterocycles. The molecule has 0 fully saturated rings. The predicted molar refractivity (Wildman–Crippen MR) is 67.8 cm³/mol. The van der Waals surface area contributed by atoms with Crippen LogP contribution in [0, 0.1) is 0 Å². The van der Waals surface area contributed by atoms with Crippen molar-refractivity contribution in [2.45, 2.75) is 41.5 Å². The average molecular weight is 174 g/mol. The molecule has 0 unspecified atom stereocenters.